The van der Waals surface area contributed by atoms with E-state index in [4.69, 9.17) is 0 Å². The molecular weight excluding hydrogens is 304 g/mol. The zero-order chi connectivity index (χ0) is 13.8. The Hall–Kier alpha value is -1.81. The van der Waals surface area contributed by atoms with Crippen LogP contribution in [0.4, 0.5) is 11.4 Å². The molecule has 0 aliphatic carbocycles. The van der Waals surface area contributed by atoms with Gasteiger partial charge in [-0.25, -0.2) is 0 Å². The Balaban J connectivity index is 2.23. The number of para-hydroxylation sites is 1. The van der Waals surface area contributed by atoms with Gasteiger partial charge in [0.15, 0.2) is 0 Å². The van der Waals surface area contributed by atoms with Crippen molar-refractivity contribution in [1.82, 2.24) is 0 Å². The summed E-state index contributed by atoms with van der Waals surface area (Å²) < 4.78 is 0.979. The number of nitrogens with one attached hydrogen (secondary N) is 2. The molecule has 0 fully saturated rings. The minimum absolute atomic E-state index is 0.124. The Morgan fingerprint density at radius 3 is 2.58 bits per heavy atom. The Kier molecular flexibility index (Phi) is 4.22. The third-order valence-corrected chi connectivity index (χ3v) is 3.73. The fourth-order valence-electron chi connectivity index (χ4n) is 1.77. The van der Waals surface area contributed by atoms with Crippen LogP contribution in [0.5, 0.6) is 0 Å². The average molecular weight is 319 g/mol. The van der Waals surface area contributed by atoms with Crippen molar-refractivity contribution in [3.63, 3.8) is 0 Å². The molecule has 3 nitrogen and oxygen atoms in total. The molecule has 0 saturated carbocycles. The van der Waals surface area contributed by atoms with Crippen LogP contribution in [0.25, 0.3) is 0 Å². The van der Waals surface area contributed by atoms with Gasteiger partial charge in [0.1, 0.15) is 0 Å². The summed E-state index contributed by atoms with van der Waals surface area (Å²) in [6.07, 6.45) is 0. The Bertz CT molecular complexity index is 611. The van der Waals surface area contributed by atoms with E-state index in [9.17, 15) is 4.79 Å². The number of rotatable bonds is 3. The van der Waals surface area contributed by atoms with Gasteiger partial charge in [-0.1, -0.05) is 34.1 Å². The van der Waals surface area contributed by atoms with Crippen molar-refractivity contribution in [2.24, 2.45) is 0 Å². The molecule has 2 N–H and O–H groups in total. The van der Waals surface area contributed by atoms with Crippen LogP contribution < -0.4 is 10.6 Å². The van der Waals surface area contributed by atoms with Crippen LogP contribution in [0.3, 0.4) is 0 Å². The maximum Gasteiger partial charge on any atom is 0.257 e. The summed E-state index contributed by atoms with van der Waals surface area (Å²) >= 11 is 3.46. The summed E-state index contributed by atoms with van der Waals surface area (Å²) in [6, 6.07) is 13.2. The fraction of sp³-hybridized carbons (Fsp3) is 0.133. The maximum absolute atomic E-state index is 12.2. The molecule has 2 aromatic carbocycles. The zero-order valence-electron chi connectivity index (χ0n) is 10.8. The molecule has 0 saturated heterocycles. The third-order valence-electron chi connectivity index (χ3n) is 2.87. The summed E-state index contributed by atoms with van der Waals surface area (Å²) in [5, 5.41) is 5.90. The van der Waals surface area contributed by atoms with Gasteiger partial charge in [0.25, 0.3) is 5.91 Å². The molecule has 0 aliphatic rings. The van der Waals surface area contributed by atoms with Crippen LogP contribution in [0.15, 0.2) is 46.9 Å². The van der Waals surface area contributed by atoms with Gasteiger partial charge < -0.3 is 10.6 Å². The third kappa shape index (κ3) is 3.15. The van der Waals surface area contributed by atoms with E-state index in [0.717, 1.165) is 21.4 Å². The molecule has 0 radical (unpaired) electrons. The molecule has 0 bridgehead atoms. The lowest BCUT2D eigenvalue weighted by Crippen LogP contribution is -2.13. The fourth-order valence-corrected chi connectivity index (χ4v) is 2.15. The van der Waals surface area contributed by atoms with Gasteiger partial charge in [-0.2, -0.15) is 0 Å². The minimum atomic E-state index is -0.124. The molecule has 19 heavy (non-hydrogen) atoms. The van der Waals surface area contributed by atoms with E-state index in [-0.39, 0.29) is 5.91 Å². The number of anilines is 2. The van der Waals surface area contributed by atoms with E-state index in [1.807, 2.05) is 43.3 Å². The Morgan fingerprint density at radius 1 is 1.16 bits per heavy atom. The number of carbonyl (C=O) groups excluding carboxylic acids is 1. The highest BCUT2D eigenvalue weighted by Crippen LogP contribution is 2.22. The highest BCUT2D eigenvalue weighted by Gasteiger charge is 2.10. The topological polar surface area (TPSA) is 41.1 Å². The highest BCUT2D eigenvalue weighted by molar-refractivity contribution is 9.10. The molecule has 0 heterocycles. The van der Waals surface area contributed by atoms with Gasteiger partial charge in [-0.05, 0) is 36.8 Å². The standard InChI is InChI=1S/C15H15BrN2O/c1-10-7-8-11(9-13(10)16)18-15(19)12-5-3-4-6-14(12)17-2/h3-9,17H,1-2H3,(H,18,19). The molecule has 0 spiro atoms. The first-order chi connectivity index (χ1) is 9.11. The summed E-state index contributed by atoms with van der Waals surface area (Å²) in [5.41, 5.74) is 3.34. The summed E-state index contributed by atoms with van der Waals surface area (Å²) in [5.74, 6) is -0.124. The summed E-state index contributed by atoms with van der Waals surface area (Å²) in [6.45, 7) is 2.01. The molecule has 0 atom stereocenters. The zero-order valence-corrected chi connectivity index (χ0v) is 12.4. The maximum atomic E-state index is 12.2. The van der Waals surface area contributed by atoms with Crippen molar-refractivity contribution in [3.8, 4) is 0 Å². The van der Waals surface area contributed by atoms with Crippen molar-refractivity contribution >= 4 is 33.2 Å². The second-order valence-electron chi connectivity index (χ2n) is 4.21. The molecule has 98 valence electrons. The lowest BCUT2D eigenvalue weighted by Gasteiger charge is -2.10. The van der Waals surface area contributed by atoms with Crippen molar-refractivity contribution in [2.75, 3.05) is 17.7 Å². The number of aryl methyl sites for hydroxylation is 1. The number of hydrogen-bond donors (Lipinski definition) is 2. The van der Waals surface area contributed by atoms with E-state index in [0.29, 0.717) is 5.56 Å². The quantitative estimate of drug-likeness (QED) is 0.896. The summed E-state index contributed by atoms with van der Waals surface area (Å²) in [7, 11) is 1.80. The predicted molar refractivity (Wildman–Crippen MR) is 82.8 cm³/mol. The SMILES string of the molecule is CNc1ccccc1C(=O)Nc1ccc(C)c(Br)c1. The second-order valence-corrected chi connectivity index (χ2v) is 5.07. The van der Waals surface area contributed by atoms with Gasteiger partial charge >= 0.3 is 0 Å². The Morgan fingerprint density at radius 2 is 1.89 bits per heavy atom. The normalized spacial score (nSPS) is 10.1. The van der Waals surface area contributed by atoms with Crippen LogP contribution in [-0.4, -0.2) is 13.0 Å². The molecule has 0 aromatic heterocycles. The number of benzene rings is 2. The van der Waals surface area contributed by atoms with E-state index in [2.05, 4.69) is 26.6 Å². The van der Waals surface area contributed by atoms with Gasteiger partial charge in [0, 0.05) is 22.9 Å². The minimum Gasteiger partial charge on any atom is -0.387 e. The molecule has 0 aliphatic heterocycles. The lowest BCUT2D eigenvalue weighted by molar-refractivity contribution is 0.102. The Labute approximate surface area is 121 Å². The molecule has 0 unspecified atom stereocenters. The number of halogens is 1. The number of carbonyl (C=O) groups is 1. The van der Waals surface area contributed by atoms with Gasteiger partial charge in [0.05, 0.1) is 5.56 Å². The van der Waals surface area contributed by atoms with Crippen molar-refractivity contribution < 1.29 is 4.79 Å². The van der Waals surface area contributed by atoms with E-state index >= 15 is 0 Å². The first-order valence-electron chi connectivity index (χ1n) is 5.96. The van der Waals surface area contributed by atoms with Crippen molar-refractivity contribution in [2.45, 2.75) is 6.92 Å². The largest absolute Gasteiger partial charge is 0.387 e. The lowest BCUT2D eigenvalue weighted by atomic mass is 10.1. The van der Waals surface area contributed by atoms with E-state index in [1.54, 1.807) is 13.1 Å². The second kappa shape index (κ2) is 5.89. The van der Waals surface area contributed by atoms with E-state index in [1.165, 1.54) is 0 Å². The highest BCUT2D eigenvalue weighted by atomic mass is 79.9. The van der Waals surface area contributed by atoms with Crippen LogP contribution in [0, 0.1) is 6.92 Å². The molecule has 4 heteroatoms. The van der Waals surface area contributed by atoms with Gasteiger partial charge in [0.2, 0.25) is 0 Å². The predicted octanol–water partition coefficient (Wildman–Crippen LogP) is 4.05. The van der Waals surface area contributed by atoms with Crippen LogP contribution in [0.1, 0.15) is 15.9 Å². The van der Waals surface area contributed by atoms with E-state index < -0.39 is 0 Å². The molecule has 2 aromatic rings. The molecule has 2 rings (SSSR count). The average Bonchev–Trinajstić information content (AvgIpc) is 2.43. The van der Waals surface area contributed by atoms with Gasteiger partial charge in [-0.15, -0.1) is 0 Å². The monoisotopic (exact) mass is 318 g/mol. The molecule has 1 amide bonds. The number of amides is 1. The summed E-state index contributed by atoms with van der Waals surface area (Å²) in [4.78, 5) is 12.2. The molecular formula is C15H15BrN2O. The van der Waals surface area contributed by atoms with Crippen molar-refractivity contribution in [3.05, 3.63) is 58.1 Å². The van der Waals surface area contributed by atoms with Crippen LogP contribution in [0.2, 0.25) is 0 Å². The number of hydrogen-bond acceptors (Lipinski definition) is 2. The van der Waals surface area contributed by atoms with Crippen LogP contribution >= 0.6 is 15.9 Å². The smallest absolute Gasteiger partial charge is 0.257 e. The first kappa shape index (κ1) is 13.6. The van der Waals surface area contributed by atoms with Crippen LogP contribution in [-0.2, 0) is 0 Å². The van der Waals surface area contributed by atoms with Gasteiger partial charge in [-0.3, -0.25) is 4.79 Å². The van der Waals surface area contributed by atoms with Crippen molar-refractivity contribution in [1.29, 1.82) is 0 Å². The first-order valence-corrected chi connectivity index (χ1v) is 6.75.